The zero-order valence-corrected chi connectivity index (χ0v) is 33.1. The summed E-state index contributed by atoms with van der Waals surface area (Å²) in [6.07, 6.45) is 51.4. The van der Waals surface area contributed by atoms with Crippen molar-refractivity contribution < 1.29 is 37.9 Å². The maximum Gasteiger partial charge on any atom is 0.469 e. The van der Waals surface area contributed by atoms with Gasteiger partial charge in [-0.25, -0.2) is 4.57 Å². The van der Waals surface area contributed by atoms with Crippen LogP contribution in [-0.4, -0.2) is 41.0 Å². The van der Waals surface area contributed by atoms with Gasteiger partial charge in [-0.2, -0.15) is 0 Å². The normalized spacial score (nSPS) is 13.5. The third-order valence-electron chi connectivity index (χ3n) is 7.63. The van der Waals surface area contributed by atoms with E-state index >= 15 is 0 Å². The number of carbonyl (C=O) groups is 2. The van der Waals surface area contributed by atoms with Gasteiger partial charge in [-0.05, 0) is 77.0 Å². The summed E-state index contributed by atoms with van der Waals surface area (Å²) in [4.78, 5) is 42.7. The van der Waals surface area contributed by atoms with Gasteiger partial charge in [-0.3, -0.25) is 14.1 Å². The van der Waals surface area contributed by atoms with Gasteiger partial charge in [0.15, 0.2) is 6.10 Å². The summed E-state index contributed by atoms with van der Waals surface area (Å²) in [5.74, 6) is -1.01. The molecule has 294 valence electrons. The van der Waals surface area contributed by atoms with Crippen LogP contribution in [0, 0.1) is 0 Å². The molecule has 2 N–H and O–H groups in total. The highest BCUT2D eigenvalue weighted by atomic mass is 31.2. The number of ether oxygens (including phenoxy) is 2. The van der Waals surface area contributed by atoms with E-state index in [-0.39, 0.29) is 19.4 Å². The second kappa shape index (κ2) is 37.7. The van der Waals surface area contributed by atoms with Crippen molar-refractivity contribution in [2.45, 2.75) is 148 Å². The molecule has 0 saturated heterocycles. The van der Waals surface area contributed by atoms with E-state index < -0.39 is 32.5 Å². The second-order valence-electron chi connectivity index (χ2n) is 12.5. The molecule has 0 aromatic carbocycles. The molecule has 1 atom stereocenters. The van der Waals surface area contributed by atoms with Crippen molar-refractivity contribution in [2.75, 3.05) is 13.2 Å². The van der Waals surface area contributed by atoms with Gasteiger partial charge in [0.1, 0.15) is 6.61 Å². The van der Waals surface area contributed by atoms with Crippen molar-refractivity contribution in [2.24, 2.45) is 0 Å². The van der Waals surface area contributed by atoms with Crippen LogP contribution in [0.25, 0.3) is 0 Å². The van der Waals surface area contributed by atoms with Crippen molar-refractivity contribution in [3.05, 3.63) is 97.2 Å². The van der Waals surface area contributed by atoms with Crippen molar-refractivity contribution in [3.63, 3.8) is 0 Å². The highest BCUT2D eigenvalue weighted by Crippen LogP contribution is 2.35. The molecule has 52 heavy (non-hydrogen) atoms. The van der Waals surface area contributed by atoms with Crippen LogP contribution in [-0.2, 0) is 28.2 Å². The van der Waals surface area contributed by atoms with Crippen LogP contribution in [0.4, 0.5) is 0 Å². The molecule has 0 heterocycles. The Morgan fingerprint density at radius 3 is 1.54 bits per heavy atom. The quantitative estimate of drug-likeness (QED) is 0.0220. The second-order valence-corrected chi connectivity index (χ2v) is 13.8. The van der Waals surface area contributed by atoms with Crippen LogP contribution in [0.5, 0.6) is 0 Å². The van der Waals surface area contributed by atoms with E-state index in [1.54, 1.807) is 0 Å². The van der Waals surface area contributed by atoms with Crippen LogP contribution in [0.2, 0.25) is 0 Å². The fraction of sp³-hybridized carbons (Fsp3) is 0.581. The highest BCUT2D eigenvalue weighted by Gasteiger charge is 2.22. The summed E-state index contributed by atoms with van der Waals surface area (Å²) in [5.41, 5.74) is 0. The predicted molar refractivity (Wildman–Crippen MR) is 216 cm³/mol. The summed E-state index contributed by atoms with van der Waals surface area (Å²) in [5, 5.41) is 0. The van der Waals surface area contributed by atoms with Crippen LogP contribution in [0.3, 0.4) is 0 Å². The lowest BCUT2D eigenvalue weighted by atomic mass is 10.1. The molecule has 0 spiro atoms. The fourth-order valence-corrected chi connectivity index (χ4v) is 5.10. The first-order chi connectivity index (χ1) is 25.3. The molecular formula is C43H69O8P. The Kier molecular flexibility index (Phi) is 35.5. The zero-order chi connectivity index (χ0) is 38.2. The number of esters is 2. The Hall–Kier alpha value is -3.03. The average Bonchev–Trinajstić information content (AvgIpc) is 3.11. The third kappa shape index (κ3) is 39.8. The van der Waals surface area contributed by atoms with Crippen LogP contribution >= 0.6 is 7.82 Å². The van der Waals surface area contributed by atoms with Crippen molar-refractivity contribution in [1.82, 2.24) is 0 Å². The Morgan fingerprint density at radius 2 is 1.02 bits per heavy atom. The van der Waals surface area contributed by atoms with Crippen molar-refractivity contribution >= 4 is 19.8 Å². The summed E-state index contributed by atoms with van der Waals surface area (Å²) in [7, 11) is -4.78. The first kappa shape index (κ1) is 49.0. The van der Waals surface area contributed by atoms with Gasteiger partial charge < -0.3 is 19.3 Å². The Bertz CT molecular complexity index is 1160. The lowest BCUT2D eigenvalue weighted by Crippen LogP contribution is -2.29. The molecule has 0 aliphatic heterocycles. The molecule has 0 fully saturated rings. The highest BCUT2D eigenvalue weighted by molar-refractivity contribution is 7.46. The largest absolute Gasteiger partial charge is 0.469 e. The zero-order valence-electron chi connectivity index (χ0n) is 32.2. The van der Waals surface area contributed by atoms with Gasteiger partial charge in [-0.1, -0.05) is 150 Å². The van der Waals surface area contributed by atoms with Crippen LogP contribution in [0.1, 0.15) is 142 Å². The average molecular weight is 745 g/mol. The number of hydrogen-bond acceptors (Lipinski definition) is 6. The summed E-state index contributed by atoms with van der Waals surface area (Å²) in [6, 6.07) is 0. The first-order valence-electron chi connectivity index (χ1n) is 19.5. The van der Waals surface area contributed by atoms with E-state index in [9.17, 15) is 14.2 Å². The van der Waals surface area contributed by atoms with Gasteiger partial charge >= 0.3 is 19.8 Å². The lowest BCUT2D eigenvalue weighted by molar-refractivity contribution is -0.161. The molecular weight excluding hydrogens is 675 g/mol. The number of unbranched alkanes of at least 4 members (excludes halogenated alkanes) is 9. The van der Waals surface area contributed by atoms with Gasteiger partial charge in [-0.15, -0.1) is 0 Å². The minimum Gasteiger partial charge on any atom is -0.462 e. The molecule has 0 saturated carbocycles. The molecule has 0 rings (SSSR count). The minimum atomic E-state index is -4.78. The SMILES string of the molecule is CC/C=C/C/C=C/C/C=C/C/C=C/C/C=C/C/C=C/CCC(=O)OC[C@H](COP(=O)(O)O)OC(=O)CCCCCCC/C=C/C=C/CCCCCC. The number of phosphoric ester groups is 1. The predicted octanol–water partition coefficient (Wildman–Crippen LogP) is 11.8. The minimum absolute atomic E-state index is 0.133. The molecule has 0 aliphatic carbocycles. The molecule has 0 amide bonds. The molecule has 0 aromatic rings. The molecule has 8 nitrogen and oxygen atoms in total. The fourth-order valence-electron chi connectivity index (χ4n) is 4.74. The topological polar surface area (TPSA) is 119 Å². The molecule has 0 bridgehead atoms. The van der Waals surface area contributed by atoms with Crippen LogP contribution in [0.15, 0.2) is 97.2 Å². The molecule has 0 aromatic heterocycles. The molecule has 0 radical (unpaired) electrons. The van der Waals surface area contributed by atoms with Gasteiger partial charge in [0, 0.05) is 12.8 Å². The number of carbonyl (C=O) groups excluding carboxylic acids is 2. The molecule has 9 heteroatoms. The van der Waals surface area contributed by atoms with Gasteiger partial charge in [0.2, 0.25) is 0 Å². The van der Waals surface area contributed by atoms with E-state index in [0.29, 0.717) is 12.8 Å². The summed E-state index contributed by atoms with van der Waals surface area (Å²) < 4.78 is 26.2. The summed E-state index contributed by atoms with van der Waals surface area (Å²) >= 11 is 0. The van der Waals surface area contributed by atoms with E-state index in [4.69, 9.17) is 19.3 Å². The third-order valence-corrected chi connectivity index (χ3v) is 8.11. The van der Waals surface area contributed by atoms with E-state index in [1.165, 1.54) is 25.7 Å². The number of hydrogen-bond donors (Lipinski definition) is 2. The smallest absolute Gasteiger partial charge is 0.462 e. The van der Waals surface area contributed by atoms with E-state index in [1.807, 2.05) is 12.2 Å². The van der Waals surface area contributed by atoms with Crippen molar-refractivity contribution in [1.29, 1.82) is 0 Å². The van der Waals surface area contributed by atoms with E-state index in [0.717, 1.165) is 77.0 Å². The van der Waals surface area contributed by atoms with Gasteiger partial charge in [0.25, 0.3) is 0 Å². The number of phosphoric acid groups is 1. The first-order valence-corrected chi connectivity index (χ1v) is 21.1. The lowest BCUT2D eigenvalue weighted by Gasteiger charge is -2.18. The maximum atomic E-state index is 12.4. The Labute approximate surface area is 315 Å². The molecule has 0 unspecified atom stereocenters. The Balaban J connectivity index is 4.14. The maximum absolute atomic E-state index is 12.4. The number of allylic oxidation sites excluding steroid dienone is 16. The number of rotatable bonds is 34. The monoisotopic (exact) mass is 744 g/mol. The molecule has 0 aliphatic rings. The van der Waals surface area contributed by atoms with E-state index in [2.05, 4.69) is 103 Å². The van der Waals surface area contributed by atoms with Crippen LogP contribution < -0.4 is 0 Å². The summed E-state index contributed by atoms with van der Waals surface area (Å²) in [6.45, 7) is 3.45. The standard InChI is InChI=1S/C43H69O8P/c1-3-5-7-9-11-13-15-17-19-20-21-22-24-25-27-29-31-33-35-37-42(44)49-39-41(40-50-52(46,47)48)51-43(45)38-36-34-32-30-28-26-23-18-16-14-12-10-8-6-4-2/h5,7,11,13-14,16-19,21-23,25,27,31,33,41H,3-4,6,8-10,12,15,20,24,26,28-30,32,34-40H2,1-2H3,(H2,46,47,48)/b7-5+,13-11+,16-14+,19-17+,22-21+,23-18+,27-25+,33-31+/t41-/m1/s1. The van der Waals surface area contributed by atoms with Gasteiger partial charge in [0.05, 0.1) is 6.61 Å². The Morgan fingerprint density at radius 1 is 0.538 bits per heavy atom. The van der Waals surface area contributed by atoms with Crippen molar-refractivity contribution in [3.8, 4) is 0 Å².